The highest BCUT2D eigenvalue weighted by Crippen LogP contribution is 2.54. The summed E-state index contributed by atoms with van der Waals surface area (Å²) < 4.78 is 0. The molecule has 8 aromatic rings. The molecule has 0 radical (unpaired) electrons. The molecule has 1 aliphatic carbocycles. The van der Waals surface area contributed by atoms with E-state index in [1.165, 1.54) is 111 Å². The molecule has 72 heavy (non-hydrogen) atoms. The van der Waals surface area contributed by atoms with E-state index < -0.39 is 0 Å². The Morgan fingerprint density at radius 3 is 1.60 bits per heavy atom. The van der Waals surface area contributed by atoms with Gasteiger partial charge in [0, 0.05) is 28.8 Å². The molecule has 1 unspecified atom stereocenters. The molecule has 0 aromatic heterocycles. The summed E-state index contributed by atoms with van der Waals surface area (Å²) in [7, 11) is 0. The Labute approximate surface area is 432 Å². The SMILES string of the molecule is Cc1cc(C(C)(C)C)ccc1C1c2cc(C(c3ccccc3)c3ccccc3)ccc2B2c3cc4c(cc3N(c3ccc(C(C)(C)C)cc3-c3ccccc3)c3cc(C(C)(C)C)cc1c32)C(C)(C)CC4(C)C. The van der Waals surface area contributed by atoms with Crippen molar-refractivity contribution in [1.29, 1.82) is 0 Å². The maximum absolute atomic E-state index is 2.73. The molecule has 11 rings (SSSR count). The van der Waals surface area contributed by atoms with Crippen LogP contribution in [0, 0.1) is 6.92 Å². The van der Waals surface area contributed by atoms with Crippen LogP contribution in [0.4, 0.5) is 17.1 Å². The summed E-state index contributed by atoms with van der Waals surface area (Å²) >= 11 is 0. The second-order valence-electron chi connectivity index (χ2n) is 26.2. The molecule has 1 nitrogen and oxygen atoms in total. The largest absolute Gasteiger partial charge is 0.311 e. The van der Waals surface area contributed by atoms with E-state index in [0.29, 0.717) is 0 Å². The quantitative estimate of drug-likeness (QED) is 0.119. The molecule has 8 aromatic carbocycles. The molecule has 2 heterocycles. The molecule has 2 heteroatoms. The molecule has 0 saturated carbocycles. The van der Waals surface area contributed by atoms with Crippen LogP contribution in [0.2, 0.25) is 0 Å². The molecule has 2 aliphatic heterocycles. The highest BCUT2D eigenvalue weighted by atomic mass is 15.2. The average molecular weight is 940 g/mol. The Balaban J connectivity index is 1.29. The third-order valence-corrected chi connectivity index (χ3v) is 16.9. The van der Waals surface area contributed by atoms with Gasteiger partial charge < -0.3 is 4.90 Å². The van der Waals surface area contributed by atoms with Crippen LogP contribution in [0.5, 0.6) is 0 Å². The fraction of sp³-hybridized carbons (Fsp3) is 0.314. The summed E-state index contributed by atoms with van der Waals surface area (Å²) in [4.78, 5) is 2.73. The normalized spacial score (nSPS) is 16.6. The third-order valence-electron chi connectivity index (χ3n) is 16.9. The molecule has 0 fully saturated rings. The second kappa shape index (κ2) is 16.8. The van der Waals surface area contributed by atoms with Crippen molar-refractivity contribution < 1.29 is 0 Å². The summed E-state index contributed by atoms with van der Waals surface area (Å²) in [5.74, 6) is 0.0759. The summed E-state index contributed by atoms with van der Waals surface area (Å²) in [6.45, 7) is 33.6. The van der Waals surface area contributed by atoms with Crippen molar-refractivity contribution in [2.75, 3.05) is 4.90 Å². The lowest BCUT2D eigenvalue weighted by atomic mass is 9.30. The van der Waals surface area contributed by atoms with Crippen LogP contribution in [0.25, 0.3) is 11.1 Å². The summed E-state index contributed by atoms with van der Waals surface area (Å²) in [5, 5.41) is 0. The minimum Gasteiger partial charge on any atom is -0.311 e. The number of benzene rings is 8. The van der Waals surface area contributed by atoms with E-state index in [-0.39, 0.29) is 45.6 Å². The van der Waals surface area contributed by atoms with Crippen molar-refractivity contribution in [3.8, 4) is 11.1 Å². The van der Waals surface area contributed by atoms with Crippen LogP contribution < -0.4 is 21.3 Å². The predicted molar refractivity (Wildman–Crippen MR) is 310 cm³/mol. The first-order valence-corrected chi connectivity index (χ1v) is 26.7. The highest BCUT2D eigenvalue weighted by molar-refractivity contribution is 6.99. The third kappa shape index (κ3) is 8.00. The van der Waals surface area contributed by atoms with E-state index in [9.17, 15) is 0 Å². The van der Waals surface area contributed by atoms with E-state index in [1.807, 2.05) is 0 Å². The minimum atomic E-state index is -0.126. The molecular weight excluding hydrogens is 866 g/mol. The number of aryl methyl sites for hydroxylation is 1. The minimum absolute atomic E-state index is 0.00136. The van der Waals surface area contributed by atoms with Crippen LogP contribution in [0.3, 0.4) is 0 Å². The highest BCUT2D eigenvalue weighted by Gasteiger charge is 2.49. The zero-order valence-corrected chi connectivity index (χ0v) is 45.6. The fourth-order valence-electron chi connectivity index (χ4n) is 13.3. The van der Waals surface area contributed by atoms with Crippen molar-refractivity contribution in [1.82, 2.24) is 0 Å². The van der Waals surface area contributed by atoms with Crippen LogP contribution in [-0.4, -0.2) is 6.71 Å². The van der Waals surface area contributed by atoms with Crippen molar-refractivity contribution in [3.63, 3.8) is 0 Å². The number of anilines is 3. The first-order valence-electron chi connectivity index (χ1n) is 26.7. The smallest absolute Gasteiger partial charge is 0.247 e. The van der Waals surface area contributed by atoms with E-state index in [2.05, 4.69) is 272 Å². The Kier molecular flexibility index (Phi) is 11.2. The van der Waals surface area contributed by atoms with Crippen molar-refractivity contribution in [2.24, 2.45) is 0 Å². The van der Waals surface area contributed by atoms with Gasteiger partial charge >= 0.3 is 0 Å². The molecule has 0 saturated heterocycles. The van der Waals surface area contributed by atoms with Crippen molar-refractivity contribution in [3.05, 3.63) is 237 Å². The van der Waals surface area contributed by atoms with Gasteiger partial charge in [-0.15, -0.1) is 0 Å². The Morgan fingerprint density at radius 1 is 0.458 bits per heavy atom. The van der Waals surface area contributed by atoms with Gasteiger partial charge in [-0.1, -0.05) is 241 Å². The van der Waals surface area contributed by atoms with E-state index >= 15 is 0 Å². The van der Waals surface area contributed by atoms with Crippen LogP contribution in [-0.2, 0) is 27.1 Å². The van der Waals surface area contributed by atoms with Crippen molar-refractivity contribution in [2.45, 2.75) is 142 Å². The fourth-order valence-corrected chi connectivity index (χ4v) is 13.3. The standard InChI is InChI=1S/C70H74BN/c1-44-36-49(66(2,3)4)31-33-52(44)64-54-37-48(63(46-26-20-16-21-27-46)47-28-22-17-23-29-47)30-34-58(54)71-59-41-56-57(70(13,14)43-69(56,11)12)42-61(59)72(62-40-51(68(8,9)10)39-55(64)65(62)71)60-35-32-50(67(5,6)7)38-53(60)45-24-18-15-19-25-45/h15-42,63-64H,43H2,1-14H3. The van der Waals surface area contributed by atoms with Crippen molar-refractivity contribution >= 4 is 40.2 Å². The first-order chi connectivity index (χ1) is 34.0. The van der Waals surface area contributed by atoms with Crippen LogP contribution in [0.1, 0.15) is 175 Å². The van der Waals surface area contributed by atoms with Gasteiger partial charge in [0.1, 0.15) is 0 Å². The summed E-state index contributed by atoms with van der Waals surface area (Å²) in [6, 6.07) is 66.5. The number of fused-ring (bicyclic) bond motifs is 5. The maximum atomic E-state index is 2.73. The Hall–Kier alpha value is -6.38. The number of hydrogen-bond donors (Lipinski definition) is 0. The van der Waals surface area contributed by atoms with E-state index in [4.69, 9.17) is 0 Å². The van der Waals surface area contributed by atoms with Gasteiger partial charge in [0.15, 0.2) is 0 Å². The predicted octanol–water partition coefficient (Wildman–Crippen LogP) is 16.5. The molecule has 362 valence electrons. The zero-order valence-electron chi connectivity index (χ0n) is 45.6. The lowest BCUT2D eigenvalue weighted by molar-refractivity contribution is 0.403. The lowest BCUT2D eigenvalue weighted by Crippen LogP contribution is -2.62. The lowest BCUT2D eigenvalue weighted by Gasteiger charge is -2.45. The van der Waals surface area contributed by atoms with Crippen LogP contribution in [0.15, 0.2) is 170 Å². The molecule has 0 spiro atoms. The van der Waals surface area contributed by atoms with Crippen LogP contribution >= 0.6 is 0 Å². The monoisotopic (exact) mass is 940 g/mol. The Morgan fingerprint density at radius 2 is 1.01 bits per heavy atom. The van der Waals surface area contributed by atoms with Gasteiger partial charge in [-0.05, 0) is 148 Å². The van der Waals surface area contributed by atoms with Gasteiger partial charge in [-0.2, -0.15) is 0 Å². The Bertz CT molecular complexity index is 3350. The number of rotatable bonds is 6. The van der Waals surface area contributed by atoms with E-state index in [0.717, 1.165) is 6.42 Å². The van der Waals surface area contributed by atoms with E-state index in [1.54, 1.807) is 0 Å². The first kappa shape index (κ1) is 47.9. The molecule has 0 bridgehead atoms. The molecule has 3 aliphatic rings. The van der Waals surface area contributed by atoms with Gasteiger partial charge in [0.25, 0.3) is 0 Å². The molecular formula is C70H74BN. The average Bonchev–Trinajstić information content (AvgIpc) is 3.52. The van der Waals surface area contributed by atoms with Gasteiger partial charge in [0.05, 0.1) is 5.69 Å². The zero-order chi connectivity index (χ0) is 50.9. The number of hydrogen-bond acceptors (Lipinski definition) is 1. The number of nitrogens with zero attached hydrogens (tertiary/aromatic N) is 1. The summed E-state index contributed by atoms with van der Waals surface area (Å²) in [5.41, 5.74) is 27.1. The topological polar surface area (TPSA) is 3.24 Å². The molecule has 1 atom stereocenters. The second-order valence-corrected chi connectivity index (χ2v) is 26.2. The van der Waals surface area contributed by atoms with Gasteiger partial charge in [0.2, 0.25) is 6.71 Å². The molecule has 0 amide bonds. The summed E-state index contributed by atoms with van der Waals surface area (Å²) in [6.07, 6.45) is 1.11. The van der Waals surface area contributed by atoms with Gasteiger partial charge in [-0.25, -0.2) is 0 Å². The van der Waals surface area contributed by atoms with Gasteiger partial charge in [-0.3, -0.25) is 0 Å². The molecule has 0 N–H and O–H groups in total. The maximum Gasteiger partial charge on any atom is 0.247 e.